The quantitative estimate of drug-likeness (QED) is 0.592. The molecule has 5 heteroatoms. The third kappa shape index (κ3) is 3.42. The molecule has 0 aliphatic carbocycles. The number of hydrogen-bond donors (Lipinski definition) is 2. The summed E-state index contributed by atoms with van der Waals surface area (Å²) in [7, 11) is 0. The van der Waals surface area contributed by atoms with Crippen LogP contribution in [-0.4, -0.2) is 33.4 Å². The van der Waals surface area contributed by atoms with Crippen LogP contribution >= 0.6 is 0 Å². The van der Waals surface area contributed by atoms with Gasteiger partial charge in [-0.05, 0) is 12.2 Å². The molecule has 5 nitrogen and oxygen atoms in total. The molecule has 0 saturated carbocycles. The van der Waals surface area contributed by atoms with Gasteiger partial charge < -0.3 is 14.9 Å². The Morgan fingerprint density at radius 3 is 1.37 bits per heavy atom. The molecule has 0 bridgehead atoms. The lowest BCUT2D eigenvalue weighted by Crippen LogP contribution is -2.51. The van der Waals surface area contributed by atoms with Gasteiger partial charge in [0.2, 0.25) is 0 Å². The van der Waals surface area contributed by atoms with Gasteiger partial charge in [0.25, 0.3) is 0 Å². The zero-order valence-corrected chi connectivity index (χ0v) is 10.7. The van der Waals surface area contributed by atoms with Crippen molar-refractivity contribution in [3.8, 4) is 0 Å². The molecule has 0 aliphatic heterocycles. The number of hydrogen-bond acceptors (Lipinski definition) is 3. The van der Waals surface area contributed by atoms with Gasteiger partial charge in [0.05, 0.1) is 0 Å². The van der Waals surface area contributed by atoms with Crippen LogP contribution in [0.4, 0.5) is 0 Å². The number of aliphatic carboxylic acids is 2. The van der Waals surface area contributed by atoms with Gasteiger partial charge in [-0.15, -0.1) is 13.2 Å². The summed E-state index contributed by atoms with van der Waals surface area (Å²) in [4.78, 5) is 22.7. The van der Waals surface area contributed by atoms with E-state index in [0.29, 0.717) is 0 Å². The molecule has 0 aromatic carbocycles. The topological polar surface area (TPSA) is 83.8 Å². The van der Waals surface area contributed by atoms with Crippen LogP contribution in [0.5, 0.6) is 0 Å². The summed E-state index contributed by atoms with van der Waals surface area (Å²) in [6.07, 6.45) is 4.49. The van der Waals surface area contributed by atoms with Crippen molar-refractivity contribution in [2.75, 3.05) is 0 Å². The summed E-state index contributed by atoms with van der Waals surface area (Å²) in [6.45, 7) is 13.7. The smallest absolute Gasteiger partial charge is 0.340 e. The largest absolute Gasteiger partial charge is 0.479 e. The first-order valence-corrected chi connectivity index (χ1v) is 5.50. The molecule has 0 heterocycles. The zero-order chi connectivity index (χ0) is 15.1. The van der Waals surface area contributed by atoms with Gasteiger partial charge in [-0.3, -0.25) is 0 Å². The Bertz CT molecular complexity index is 374. The van der Waals surface area contributed by atoms with Crippen molar-refractivity contribution in [2.24, 2.45) is 0 Å². The lowest BCUT2D eigenvalue weighted by molar-refractivity contribution is -0.186. The Kier molecular flexibility index (Phi) is 5.95. The average Bonchev–Trinajstić information content (AvgIpc) is 2.36. The Balaban J connectivity index is 5.72. The van der Waals surface area contributed by atoms with Crippen LogP contribution in [0.15, 0.2) is 50.6 Å². The van der Waals surface area contributed by atoms with Crippen molar-refractivity contribution in [1.29, 1.82) is 0 Å². The maximum Gasteiger partial charge on any atom is 0.340 e. The van der Waals surface area contributed by atoms with Gasteiger partial charge in [0, 0.05) is 12.8 Å². The molecule has 2 N–H and O–H groups in total. The molecule has 0 aliphatic rings. The van der Waals surface area contributed by atoms with E-state index in [2.05, 4.69) is 26.3 Å². The van der Waals surface area contributed by atoms with Gasteiger partial charge >= 0.3 is 11.9 Å². The first-order valence-electron chi connectivity index (χ1n) is 5.50. The number of carboxylic acids is 2. The normalized spacial score (nSPS) is 16.4. The minimum atomic E-state index is -1.88. The molecule has 0 rings (SSSR count). The third-order valence-corrected chi connectivity index (χ3v) is 2.64. The van der Waals surface area contributed by atoms with Crippen LogP contribution in [0.2, 0.25) is 0 Å². The maximum atomic E-state index is 11.4. The van der Waals surface area contributed by atoms with Gasteiger partial charge in [-0.1, -0.05) is 25.3 Å². The summed E-state index contributed by atoms with van der Waals surface area (Å²) in [5.74, 6) is -2.70. The van der Waals surface area contributed by atoms with E-state index in [1.54, 1.807) is 0 Å². The summed E-state index contributed by atoms with van der Waals surface area (Å²) in [6, 6.07) is 0. The first-order chi connectivity index (χ1) is 8.84. The van der Waals surface area contributed by atoms with E-state index in [1.807, 2.05) is 0 Å². The second kappa shape index (κ2) is 6.70. The molecular formula is C14H18O5. The van der Waals surface area contributed by atoms with Crippen LogP contribution < -0.4 is 0 Å². The van der Waals surface area contributed by atoms with Crippen LogP contribution in [-0.2, 0) is 14.3 Å². The Labute approximate surface area is 112 Å². The van der Waals surface area contributed by atoms with Crippen molar-refractivity contribution >= 4 is 11.9 Å². The van der Waals surface area contributed by atoms with E-state index in [1.165, 1.54) is 12.2 Å². The van der Waals surface area contributed by atoms with Gasteiger partial charge in [-0.25, -0.2) is 9.59 Å². The van der Waals surface area contributed by atoms with Crippen molar-refractivity contribution in [1.82, 2.24) is 0 Å². The standard InChI is InChI=1S/C14H18O5/c1-5-9-13(7-3,11(15)16)19-14(8-4,10-6-2)12(17)18/h5-8H,1-4,9-10H2,(H,15,16)(H,17,18). The predicted molar refractivity (Wildman–Crippen MR) is 71.8 cm³/mol. The van der Waals surface area contributed by atoms with E-state index in [-0.39, 0.29) is 12.8 Å². The summed E-state index contributed by atoms with van der Waals surface area (Å²) in [5, 5.41) is 18.5. The van der Waals surface area contributed by atoms with E-state index in [0.717, 1.165) is 12.2 Å². The van der Waals surface area contributed by atoms with Crippen molar-refractivity contribution in [3.05, 3.63) is 50.6 Å². The summed E-state index contributed by atoms with van der Waals surface area (Å²) < 4.78 is 5.35. The molecule has 2 atom stereocenters. The molecule has 2 unspecified atom stereocenters. The van der Waals surface area contributed by atoms with E-state index in [4.69, 9.17) is 4.74 Å². The SMILES string of the molecule is C=CCC(C=C)(OC(C=C)(CC=C)C(=O)O)C(=O)O. The van der Waals surface area contributed by atoms with Crippen molar-refractivity contribution < 1.29 is 24.5 Å². The fraction of sp³-hybridized carbons (Fsp3) is 0.286. The van der Waals surface area contributed by atoms with Crippen LogP contribution in [0.25, 0.3) is 0 Å². The molecule has 104 valence electrons. The molecule has 0 aromatic rings. The Morgan fingerprint density at radius 1 is 0.895 bits per heavy atom. The summed E-state index contributed by atoms with van der Waals surface area (Å²) in [5.41, 5.74) is -3.76. The molecule has 19 heavy (non-hydrogen) atoms. The number of carbonyl (C=O) groups is 2. The fourth-order valence-corrected chi connectivity index (χ4v) is 1.52. The molecule has 0 saturated heterocycles. The monoisotopic (exact) mass is 266 g/mol. The second-order valence-electron chi connectivity index (χ2n) is 3.89. The van der Waals surface area contributed by atoms with E-state index in [9.17, 15) is 19.8 Å². The van der Waals surface area contributed by atoms with Crippen LogP contribution in [0.3, 0.4) is 0 Å². The van der Waals surface area contributed by atoms with Crippen LogP contribution in [0.1, 0.15) is 12.8 Å². The maximum absolute atomic E-state index is 11.4. The summed E-state index contributed by atoms with van der Waals surface area (Å²) >= 11 is 0. The molecular weight excluding hydrogens is 248 g/mol. The average molecular weight is 266 g/mol. The molecule has 0 fully saturated rings. The highest BCUT2D eigenvalue weighted by atomic mass is 16.6. The minimum absolute atomic E-state index is 0.119. The molecule has 0 radical (unpaired) electrons. The minimum Gasteiger partial charge on any atom is -0.479 e. The first kappa shape index (κ1) is 16.9. The third-order valence-electron chi connectivity index (χ3n) is 2.64. The van der Waals surface area contributed by atoms with Gasteiger partial charge in [0.15, 0.2) is 11.2 Å². The molecule has 0 spiro atoms. The number of carboxylic acid groups (broad SMARTS) is 2. The highest BCUT2D eigenvalue weighted by molar-refractivity contribution is 5.84. The molecule has 0 amide bonds. The highest BCUT2D eigenvalue weighted by Gasteiger charge is 2.47. The second-order valence-corrected chi connectivity index (χ2v) is 3.89. The number of ether oxygens (including phenoxy) is 1. The predicted octanol–water partition coefficient (Wildman–Crippen LogP) is 2.17. The fourth-order valence-electron chi connectivity index (χ4n) is 1.52. The van der Waals surface area contributed by atoms with Gasteiger partial charge in [0.1, 0.15) is 0 Å². The zero-order valence-electron chi connectivity index (χ0n) is 10.7. The Morgan fingerprint density at radius 2 is 1.21 bits per heavy atom. The van der Waals surface area contributed by atoms with Crippen molar-refractivity contribution in [3.63, 3.8) is 0 Å². The van der Waals surface area contributed by atoms with Crippen LogP contribution in [0, 0.1) is 0 Å². The van der Waals surface area contributed by atoms with Gasteiger partial charge in [-0.2, -0.15) is 0 Å². The highest BCUT2D eigenvalue weighted by Crippen LogP contribution is 2.30. The molecule has 0 aromatic heterocycles. The Hall–Kier alpha value is -2.14. The lowest BCUT2D eigenvalue weighted by atomic mass is 9.94. The van der Waals surface area contributed by atoms with E-state index >= 15 is 0 Å². The number of rotatable bonds is 10. The van der Waals surface area contributed by atoms with Crippen molar-refractivity contribution in [2.45, 2.75) is 24.0 Å². The van der Waals surface area contributed by atoms with E-state index < -0.39 is 23.1 Å². The lowest BCUT2D eigenvalue weighted by Gasteiger charge is -2.35.